The van der Waals surface area contributed by atoms with Crippen LogP contribution in [0.5, 0.6) is 0 Å². The normalized spacial score (nSPS) is 16.4. The van der Waals surface area contributed by atoms with E-state index >= 15 is 0 Å². The molecule has 0 aliphatic rings. The molecular formula is C16H26ClNO. The molecule has 2 atom stereocenters. The lowest BCUT2D eigenvalue weighted by Gasteiger charge is -2.35. The Bertz CT molecular complexity index is 396. The predicted molar refractivity (Wildman–Crippen MR) is 82.6 cm³/mol. The highest BCUT2D eigenvalue weighted by Crippen LogP contribution is 2.30. The summed E-state index contributed by atoms with van der Waals surface area (Å²) in [5.74, 6) is 0. The van der Waals surface area contributed by atoms with Gasteiger partial charge >= 0.3 is 0 Å². The summed E-state index contributed by atoms with van der Waals surface area (Å²) in [5.41, 5.74) is 1.10. The molecule has 2 nitrogen and oxygen atoms in total. The third-order valence-electron chi connectivity index (χ3n) is 3.88. The van der Waals surface area contributed by atoms with Gasteiger partial charge in [0, 0.05) is 29.6 Å². The van der Waals surface area contributed by atoms with E-state index in [0.717, 1.165) is 30.0 Å². The van der Waals surface area contributed by atoms with Gasteiger partial charge in [0.2, 0.25) is 0 Å². The number of aliphatic hydroxyl groups is 1. The first-order valence-electron chi connectivity index (χ1n) is 6.99. The molecule has 108 valence electrons. The summed E-state index contributed by atoms with van der Waals surface area (Å²) >= 11 is 6.25. The fourth-order valence-corrected chi connectivity index (χ4v) is 2.90. The van der Waals surface area contributed by atoms with Gasteiger partial charge in [-0.05, 0) is 32.0 Å². The van der Waals surface area contributed by atoms with Gasteiger partial charge in [-0.1, -0.05) is 50.1 Å². The maximum atomic E-state index is 9.62. The van der Waals surface area contributed by atoms with Gasteiger partial charge in [0.15, 0.2) is 0 Å². The summed E-state index contributed by atoms with van der Waals surface area (Å²) in [4.78, 5) is 2.27. The van der Waals surface area contributed by atoms with Crippen LogP contribution in [-0.2, 0) is 0 Å². The molecule has 1 rings (SSSR count). The van der Waals surface area contributed by atoms with E-state index in [0.29, 0.717) is 0 Å². The van der Waals surface area contributed by atoms with Crippen LogP contribution in [0.15, 0.2) is 24.3 Å². The van der Waals surface area contributed by atoms with Crippen molar-refractivity contribution in [2.24, 2.45) is 5.41 Å². The number of benzene rings is 1. The zero-order valence-electron chi connectivity index (χ0n) is 12.5. The van der Waals surface area contributed by atoms with E-state index in [4.69, 9.17) is 11.6 Å². The lowest BCUT2D eigenvalue weighted by atomic mass is 9.85. The van der Waals surface area contributed by atoms with Crippen molar-refractivity contribution in [3.8, 4) is 0 Å². The molecule has 0 saturated heterocycles. The first-order chi connectivity index (χ1) is 8.93. The number of hydrogen-bond donors (Lipinski definition) is 1. The summed E-state index contributed by atoms with van der Waals surface area (Å²) < 4.78 is 0. The van der Waals surface area contributed by atoms with Gasteiger partial charge in [0.05, 0.1) is 0 Å². The molecule has 1 N–H and O–H groups in total. The topological polar surface area (TPSA) is 23.5 Å². The Hall–Kier alpha value is -0.570. The van der Waals surface area contributed by atoms with Gasteiger partial charge in [-0.2, -0.15) is 0 Å². The maximum absolute atomic E-state index is 9.62. The number of aliphatic hydroxyl groups excluding tert-OH is 1. The molecule has 0 heterocycles. The van der Waals surface area contributed by atoms with E-state index in [1.165, 1.54) is 0 Å². The van der Waals surface area contributed by atoms with Crippen molar-refractivity contribution < 1.29 is 5.11 Å². The Kier molecular flexibility index (Phi) is 6.31. The summed E-state index contributed by atoms with van der Waals surface area (Å²) in [7, 11) is 2.09. The predicted octanol–water partition coefficient (Wildman–Crippen LogP) is 4.13. The molecule has 0 fully saturated rings. The number of rotatable bonds is 7. The minimum absolute atomic E-state index is 0.0426. The molecule has 0 saturated carbocycles. The highest BCUT2D eigenvalue weighted by molar-refractivity contribution is 6.31. The monoisotopic (exact) mass is 283 g/mol. The van der Waals surface area contributed by atoms with Crippen LogP contribution < -0.4 is 0 Å². The third-order valence-corrected chi connectivity index (χ3v) is 4.23. The fourth-order valence-electron chi connectivity index (χ4n) is 2.60. The van der Waals surface area contributed by atoms with Gasteiger partial charge in [0.25, 0.3) is 0 Å². The quantitative estimate of drug-likeness (QED) is 0.813. The lowest BCUT2D eigenvalue weighted by Crippen LogP contribution is -2.37. The minimum atomic E-state index is -0.0426. The second-order valence-corrected chi connectivity index (χ2v) is 6.24. The second kappa shape index (κ2) is 7.28. The molecule has 19 heavy (non-hydrogen) atoms. The van der Waals surface area contributed by atoms with Crippen molar-refractivity contribution in [2.45, 2.75) is 39.7 Å². The average molecular weight is 284 g/mol. The van der Waals surface area contributed by atoms with Crippen molar-refractivity contribution in [3.63, 3.8) is 0 Å². The van der Waals surface area contributed by atoms with E-state index < -0.39 is 0 Å². The highest BCUT2D eigenvalue weighted by atomic mass is 35.5. The fraction of sp³-hybridized carbons (Fsp3) is 0.625. The molecule has 0 bridgehead atoms. The van der Waals surface area contributed by atoms with Gasteiger partial charge in [-0.3, -0.25) is 4.90 Å². The van der Waals surface area contributed by atoms with Gasteiger partial charge in [-0.25, -0.2) is 0 Å². The molecule has 0 spiro atoms. The van der Waals surface area contributed by atoms with Gasteiger partial charge in [-0.15, -0.1) is 0 Å². The molecule has 3 heteroatoms. The molecule has 0 aromatic heterocycles. The first-order valence-corrected chi connectivity index (χ1v) is 7.37. The smallest absolute Gasteiger partial charge is 0.0497 e. The zero-order chi connectivity index (χ0) is 14.5. The number of hydrogen-bond acceptors (Lipinski definition) is 2. The maximum Gasteiger partial charge on any atom is 0.0497 e. The SMILES string of the molecule is CCCC(C)(CO)CN(C)C(C)c1ccccc1Cl. The molecule has 1 aromatic carbocycles. The first kappa shape index (κ1) is 16.5. The Morgan fingerprint density at radius 3 is 2.53 bits per heavy atom. The second-order valence-electron chi connectivity index (χ2n) is 5.83. The molecule has 0 aliphatic carbocycles. The summed E-state index contributed by atoms with van der Waals surface area (Å²) in [6.07, 6.45) is 2.12. The highest BCUT2D eigenvalue weighted by Gasteiger charge is 2.26. The largest absolute Gasteiger partial charge is 0.396 e. The van der Waals surface area contributed by atoms with Crippen molar-refractivity contribution in [1.29, 1.82) is 0 Å². The molecule has 0 aliphatic heterocycles. The Balaban J connectivity index is 2.77. The summed E-state index contributed by atoms with van der Waals surface area (Å²) in [6, 6.07) is 8.21. The number of nitrogens with zero attached hydrogens (tertiary/aromatic N) is 1. The van der Waals surface area contributed by atoms with Crippen LogP contribution in [0.2, 0.25) is 5.02 Å². The van der Waals surface area contributed by atoms with Gasteiger partial charge in [0.1, 0.15) is 0 Å². The van der Waals surface area contributed by atoms with Crippen molar-refractivity contribution in [1.82, 2.24) is 4.90 Å². The van der Waals surface area contributed by atoms with Crippen LogP contribution in [-0.4, -0.2) is 30.2 Å². The average Bonchev–Trinajstić information content (AvgIpc) is 2.38. The molecule has 2 unspecified atom stereocenters. The Morgan fingerprint density at radius 1 is 1.37 bits per heavy atom. The molecule has 0 amide bonds. The van der Waals surface area contributed by atoms with E-state index in [1.54, 1.807) is 0 Å². The number of halogens is 1. The van der Waals surface area contributed by atoms with Crippen LogP contribution in [0.3, 0.4) is 0 Å². The van der Waals surface area contributed by atoms with Crippen molar-refractivity contribution in [3.05, 3.63) is 34.9 Å². The van der Waals surface area contributed by atoms with E-state index in [9.17, 15) is 5.11 Å². The van der Waals surface area contributed by atoms with Crippen LogP contribution in [0.25, 0.3) is 0 Å². The van der Waals surface area contributed by atoms with Crippen LogP contribution in [0.4, 0.5) is 0 Å². The Morgan fingerprint density at radius 2 is 2.00 bits per heavy atom. The summed E-state index contributed by atoms with van der Waals surface area (Å²) in [5, 5.41) is 10.4. The van der Waals surface area contributed by atoms with Crippen molar-refractivity contribution in [2.75, 3.05) is 20.2 Å². The van der Waals surface area contributed by atoms with Gasteiger partial charge < -0.3 is 5.11 Å². The Labute approximate surface area is 122 Å². The molecule has 0 radical (unpaired) electrons. The zero-order valence-corrected chi connectivity index (χ0v) is 13.2. The van der Waals surface area contributed by atoms with E-state index in [1.807, 2.05) is 18.2 Å². The standard InChI is InChI=1S/C16H26ClNO/c1-5-10-16(3,12-19)11-18(4)13(2)14-8-6-7-9-15(14)17/h6-9,13,19H,5,10-12H2,1-4H3. The summed E-state index contributed by atoms with van der Waals surface area (Å²) in [6.45, 7) is 7.55. The molecular weight excluding hydrogens is 258 g/mol. The van der Waals surface area contributed by atoms with Crippen molar-refractivity contribution >= 4 is 11.6 Å². The van der Waals surface area contributed by atoms with E-state index in [-0.39, 0.29) is 18.1 Å². The van der Waals surface area contributed by atoms with Crippen LogP contribution in [0.1, 0.15) is 45.2 Å². The molecule has 1 aromatic rings. The third kappa shape index (κ3) is 4.48. The lowest BCUT2D eigenvalue weighted by molar-refractivity contribution is 0.0760. The minimum Gasteiger partial charge on any atom is -0.396 e. The van der Waals surface area contributed by atoms with Crippen LogP contribution >= 0.6 is 11.6 Å². The van der Waals surface area contributed by atoms with E-state index in [2.05, 4.69) is 38.8 Å². The van der Waals surface area contributed by atoms with Crippen LogP contribution in [0, 0.1) is 5.41 Å².